The van der Waals surface area contributed by atoms with E-state index < -0.39 is 238 Å². The Labute approximate surface area is 658 Å². The minimum Gasteiger partial charge on any atom is -0.463 e. The van der Waals surface area contributed by atoms with Gasteiger partial charge in [-0.15, -0.1) is 0 Å². The second-order valence-electron chi connectivity index (χ2n) is 37.5. The Kier molecular flexibility index (Phi) is 22.0. The van der Waals surface area contributed by atoms with Crippen molar-refractivity contribution in [1.82, 2.24) is 5.32 Å². The van der Waals surface area contributed by atoms with Gasteiger partial charge >= 0.3 is 41.8 Å². The van der Waals surface area contributed by atoms with Crippen LogP contribution in [0.1, 0.15) is 244 Å². The predicted octanol–water partition coefficient (Wildman–Crippen LogP) is 9.99. The van der Waals surface area contributed by atoms with E-state index in [1.54, 1.807) is 27.7 Å². The highest BCUT2D eigenvalue weighted by Crippen LogP contribution is 2.68. The molecule has 20 rings (SSSR count). The van der Waals surface area contributed by atoms with Gasteiger partial charge in [0.1, 0.15) is 25.4 Å². The van der Waals surface area contributed by atoms with Crippen LogP contribution in [0.25, 0.3) is 0 Å². The van der Waals surface area contributed by atoms with E-state index in [2.05, 4.69) is 39.9 Å². The van der Waals surface area contributed by atoms with Gasteiger partial charge < -0.3 is 76.4 Å². The first-order valence-corrected chi connectivity index (χ1v) is 42.0. The van der Waals surface area contributed by atoms with Crippen molar-refractivity contribution < 1.29 is 149 Å². The lowest BCUT2D eigenvalue weighted by Crippen LogP contribution is -2.74. The average Bonchev–Trinajstić information content (AvgIpc) is 1.66. The maximum Gasteiger partial charge on any atom is 0.308 e. The summed E-state index contributed by atoms with van der Waals surface area (Å²) in [6, 6.07) is 0. The lowest BCUT2D eigenvalue weighted by molar-refractivity contribution is -0.586. The number of carbonyl (C=O) groups is 8. The first-order valence-electron chi connectivity index (χ1n) is 42.0. The molecule has 16 aliphatic heterocycles. The van der Waals surface area contributed by atoms with E-state index in [9.17, 15) is 38.4 Å². The van der Waals surface area contributed by atoms with Crippen LogP contribution < -0.4 is 5.32 Å². The van der Waals surface area contributed by atoms with Gasteiger partial charge in [-0.1, -0.05) is 62.3 Å². The Morgan fingerprint density at radius 1 is 0.327 bits per heavy atom. The highest BCUT2D eigenvalue weighted by molar-refractivity contribution is 5.83. The Hall–Kier alpha value is -4.88. The van der Waals surface area contributed by atoms with Crippen LogP contribution >= 0.6 is 0 Å². The molecule has 0 aromatic heterocycles. The summed E-state index contributed by atoms with van der Waals surface area (Å²) in [6.07, 6.45) is -0.785. The fraction of sp³-hybridized carbons (Fsp3) is 0.901. The molecule has 1 N–H and O–H groups in total. The zero-order chi connectivity index (χ0) is 80.0. The normalized spacial score (nSPS) is 48.0. The van der Waals surface area contributed by atoms with E-state index in [0.717, 1.165) is 64.2 Å². The van der Waals surface area contributed by atoms with Crippen LogP contribution in [0.4, 0.5) is 0 Å². The summed E-state index contributed by atoms with van der Waals surface area (Å²) in [5.41, 5.74) is -6.66. The third-order valence-electron chi connectivity index (χ3n) is 30.3. The third kappa shape index (κ3) is 14.3. The largest absolute Gasteiger partial charge is 0.463 e. The van der Waals surface area contributed by atoms with Crippen LogP contribution in [0, 0.1) is 94.2 Å². The van der Waals surface area contributed by atoms with Gasteiger partial charge in [-0.05, 0) is 152 Å². The van der Waals surface area contributed by atoms with Crippen LogP contribution in [0.5, 0.6) is 0 Å². The number of ether oxygens (including phenoxy) is 15. The topological polar surface area (TPSA) is 361 Å². The second kappa shape index (κ2) is 30.4. The van der Waals surface area contributed by atoms with Gasteiger partial charge in [0.2, 0.25) is 54.2 Å². The molecular weight excluding hydrogens is 1480 g/mol. The van der Waals surface area contributed by atoms with Gasteiger partial charge in [-0.2, -0.15) is 0 Å². The Morgan fingerprint density at radius 3 is 1.02 bits per heavy atom. The van der Waals surface area contributed by atoms with Gasteiger partial charge in [0, 0.05) is 78.9 Å². The van der Waals surface area contributed by atoms with Gasteiger partial charge in [-0.3, -0.25) is 38.4 Å². The zero-order valence-electron chi connectivity index (χ0n) is 67.5. The van der Waals surface area contributed by atoms with Crippen LogP contribution in [-0.2, 0) is 149 Å². The number of hydrogen-bond acceptors (Lipinski definition) is 31. The Balaban J connectivity index is 0.612. The highest BCUT2D eigenvalue weighted by Gasteiger charge is 2.77. The smallest absolute Gasteiger partial charge is 0.308 e. The van der Waals surface area contributed by atoms with Crippen molar-refractivity contribution in [2.75, 3.05) is 19.8 Å². The van der Waals surface area contributed by atoms with Crippen LogP contribution in [-0.4, -0.2) is 169 Å². The fourth-order valence-electron chi connectivity index (χ4n) is 23.4. The molecule has 1 amide bonds. The van der Waals surface area contributed by atoms with E-state index in [1.807, 2.05) is 27.7 Å². The number of amides is 1. The van der Waals surface area contributed by atoms with Crippen LogP contribution in [0.2, 0.25) is 0 Å². The summed E-state index contributed by atoms with van der Waals surface area (Å²) in [5.74, 6) is -12.5. The van der Waals surface area contributed by atoms with Crippen LogP contribution in [0.15, 0.2) is 0 Å². The standard InChI is InChI=1S/C81H117NO31/c1-41-14-17-53-45(5)64(98-68-78(53)49(41)29-34-73(10,102-68)106-110-78)94-60(87)21-20-56(83)82-77(38-91-57(84)22-25-61(88)95-65-46(6)54-18-15-42(2)50-30-35-74(11)103-69(99-65)79(50,54)111-107-74,39-92-58(85)23-26-62(89)96-66-47(7)55-19-16-43(3)51-31-36-75(12)104-70(100-66)80(51,55)112-108-75)40-93-59(86)24-27-63(90)97-67-48(8)72(9)33-28-44(4)52-32-37-76(13)105-71(101-67)81(52,72)113-109-76/h41-55,64-71H,14-40H2,1-13H3,(H,82,83)/t41-,42+,43+,44+,45-,46+,47+,48-,49+,50-,51-,52-,53+,54-,55-,64-,65+,66+,67+,68-,69+,70+,71+,72-,73+,74+,75+,76+,78-,79+,80+,81-/m0/s1. The summed E-state index contributed by atoms with van der Waals surface area (Å²) in [6.45, 7) is 22.9. The van der Waals surface area contributed by atoms with E-state index in [4.69, 9.17) is 110 Å². The van der Waals surface area contributed by atoms with Crippen LogP contribution in [0.3, 0.4) is 0 Å². The molecule has 0 unspecified atom stereocenters. The third-order valence-corrected chi connectivity index (χ3v) is 30.3. The first-order chi connectivity index (χ1) is 53.6. The maximum absolute atomic E-state index is 14.7. The van der Waals surface area contributed by atoms with Crippen molar-refractivity contribution in [2.45, 2.75) is 346 Å². The molecule has 32 atom stereocenters. The van der Waals surface area contributed by atoms with Crippen molar-refractivity contribution in [3.05, 3.63) is 0 Å². The monoisotopic (exact) mass is 1600 g/mol. The van der Waals surface area contributed by atoms with Crippen molar-refractivity contribution in [2.24, 2.45) is 94.2 Å². The summed E-state index contributed by atoms with van der Waals surface area (Å²) in [7, 11) is 0. The summed E-state index contributed by atoms with van der Waals surface area (Å²) in [4.78, 5) is 163. The molecule has 0 aromatic rings. The van der Waals surface area contributed by atoms with E-state index in [0.29, 0.717) is 38.5 Å². The van der Waals surface area contributed by atoms with E-state index in [-0.39, 0.29) is 76.9 Å². The molecular formula is C81H117NO31. The number of carbonyl (C=O) groups excluding carboxylic acids is 8. The van der Waals surface area contributed by atoms with Crippen molar-refractivity contribution >= 4 is 47.7 Å². The van der Waals surface area contributed by atoms with E-state index >= 15 is 0 Å². The van der Waals surface area contributed by atoms with Gasteiger partial charge in [0.05, 0.1) is 44.9 Å². The molecule has 16 saturated heterocycles. The molecule has 16 heterocycles. The molecule has 4 saturated carbocycles. The molecule has 632 valence electrons. The average molecular weight is 1600 g/mol. The molecule has 32 heteroatoms. The summed E-state index contributed by atoms with van der Waals surface area (Å²) in [5, 5.41) is 2.74. The zero-order valence-corrected chi connectivity index (χ0v) is 67.5. The van der Waals surface area contributed by atoms with Gasteiger partial charge in [0.15, 0.2) is 47.6 Å². The molecule has 4 spiro atoms. The first kappa shape index (κ1) is 81.8. The molecule has 0 aromatic carbocycles. The van der Waals surface area contributed by atoms with Crippen molar-refractivity contribution in [3.63, 3.8) is 0 Å². The number of nitrogens with one attached hydrogen (secondary N) is 1. The quantitative estimate of drug-likeness (QED) is 0.0564. The minimum absolute atomic E-state index is 0.0168. The molecule has 20 fully saturated rings. The van der Waals surface area contributed by atoms with Gasteiger partial charge in [0.25, 0.3) is 0 Å². The number of fused-ring (bicyclic) bond motifs is 8. The molecule has 4 aliphatic carbocycles. The highest BCUT2D eigenvalue weighted by atomic mass is 17.3. The summed E-state index contributed by atoms with van der Waals surface area (Å²) < 4.78 is 93.7. The molecule has 20 aliphatic rings. The summed E-state index contributed by atoms with van der Waals surface area (Å²) >= 11 is 0. The number of hydrogen-bond donors (Lipinski definition) is 1. The Morgan fingerprint density at radius 2 is 0.637 bits per heavy atom. The maximum atomic E-state index is 14.7. The molecule has 113 heavy (non-hydrogen) atoms. The molecule has 32 nitrogen and oxygen atoms in total. The molecule has 0 radical (unpaired) electrons. The number of esters is 7. The van der Waals surface area contributed by atoms with Crippen molar-refractivity contribution in [3.8, 4) is 0 Å². The SMILES string of the molecule is C[C@@H]1[C@@H](OC(=O)CCC(=O)NC(COC(=O)CCC(=O)O[C@@H]2O[C@@H]3O[C@@]4(C)CC[C@H]5[C@H](C)CC[C@@H]([C@H]2C)[C@@]35OO4)(COC(=O)CCC(=O)O[C@@H]2O[C@@H]3O[C@@]4(C)CC[C@H]5[C@H](C)CC[C@@H]([C@H]2C)[C@@]35OO4)COC(=O)CCC(=O)O[C@@H]2O[C@@H]3O[C@@]4(C)CC[C@H]5[C@H](C)CC[C@@](C)([C@H]2C)[C@@]35OO4)O[C@H]2O[C@@]3(C)CC[C@@H]4[C@@H](C)CC[C@H]1[C@]24OO3. The fourth-order valence-corrected chi connectivity index (χ4v) is 23.4. The van der Waals surface area contributed by atoms with E-state index in [1.165, 1.54) is 0 Å². The van der Waals surface area contributed by atoms with Gasteiger partial charge in [-0.25, -0.2) is 39.1 Å². The lowest BCUT2D eigenvalue weighted by atomic mass is 9.50. The number of rotatable bonds is 23. The Bertz CT molecular complexity index is 3530. The van der Waals surface area contributed by atoms with Crippen molar-refractivity contribution in [1.29, 1.82) is 0 Å². The predicted molar refractivity (Wildman–Crippen MR) is 377 cm³/mol. The lowest BCUT2D eigenvalue weighted by Gasteiger charge is -2.65. The minimum atomic E-state index is -2.19. The second-order valence-corrected chi connectivity index (χ2v) is 37.5. The molecule has 8 bridgehead atoms.